The summed E-state index contributed by atoms with van der Waals surface area (Å²) in [6, 6.07) is 11.3. The Hall–Kier alpha value is -2.73. The van der Waals surface area contributed by atoms with E-state index in [9.17, 15) is 8.78 Å². The zero-order valence-corrected chi connectivity index (χ0v) is 15.8. The molecule has 1 aliphatic heterocycles. The van der Waals surface area contributed by atoms with Crippen LogP contribution < -0.4 is 4.74 Å². The van der Waals surface area contributed by atoms with Gasteiger partial charge in [-0.25, -0.2) is 8.78 Å². The second kappa shape index (κ2) is 8.10. The maximum atomic E-state index is 14.2. The van der Waals surface area contributed by atoms with Crippen molar-refractivity contribution in [3.8, 4) is 16.9 Å². The fourth-order valence-electron chi connectivity index (χ4n) is 3.94. The van der Waals surface area contributed by atoms with Gasteiger partial charge in [-0.15, -0.1) is 0 Å². The first kappa shape index (κ1) is 18.6. The molecule has 1 aromatic heterocycles. The minimum Gasteiger partial charge on any atom is -0.497 e. The minimum atomic E-state index is -0.252. The van der Waals surface area contributed by atoms with E-state index in [1.54, 1.807) is 37.6 Å². The lowest BCUT2D eigenvalue weighted by Crippen LogP contribution is -2.34. The third-order valence-electron chi connectivity index (χ3n) is 5.38. The van der Waals surface area contributed by atoms with E-state index in [1.165, 1.54) is 18.2 Å². The van der Waals surface area contributed by atoms with Crippen LogP contribution in [0.15, 0.2) is 48.7 Å². The Bertz CT molecular complexity index is 939. The van der Waals surface area contributed by atoms with Crippen LogP contribution in [0.2, 0.25) is 0 Å². The summed E-state index contributed by atoms with van der Waals surface area (Å²) >= 11 is 0. The first-order chi connectivity index (χ1) is 13.6. The highest BCUT2D eigenvalue weighted by atomic mass is 19.1. The fourth-order valence-corrected chi connectivity index (χ4v) is 3.94. The Morgan fingerprint density at radius 2 is 2.00 bits per heavy atom. The van der Waals surface area contributed by atoms with Crippen molar-refractivity contribution in [1.82, 2.24) is 15.1 Å². The number of hydrogen-bond acceptors (Lipinski definition) is 3. The number of nitrogens with one attached hydrogen (secondary N) is 1. The van der Waals surface area contributed by atoms with Crippen LogP contribution in [0.3, 0.4) is 0 Å². The van der Waals surface area contributed by atoms with Gasteiger partial charge in [-0.05, 0) is 55.3 Å². The Morgan fingerprint density at radius 3 is 2.79 bits per heavy atom. The molecular weight excluding hydrogens is 360 g/mol. The average molecular weight is 383 g/mol. The van der Waals surface area contributed by atoms with Gasteiger partial charge in [0, 0.05) is 35.8 Å². The van der Waals surface area contributed by atoms with Crippen molar-refractivity contribution in [2.45, 2.75) is 25.3 Å². The third-order valence-corrected chi connectivity index (χ3v) is 5.38. The first-order valence-corrected chi connectivity index (χ1v) is 9.48. The summed E-state index contributed by atoms with van der Waals surface area (Å²) in [6.45, 7) is 2.28. The molecule has 6 heteroatoms. The number of aromatic amines is 1. The molecule has 0 saturated carbocycles. The van der Waals surface area contributed by atoms with Crippen molar-refractivity contribution < 1.29 is 13.5 Å². The van der Waals surface area contributed by atoms with E-state index in [1.807, 2.05) is 0 Å². The number of ether oxygens (including phenoxy) is 1. The summed E-state index contributed by atoms with van der Waals surface area (Å²) in [5.41, 5.74) is 3.64. The maximum Gasteiger partial charge on any atom is 0.127 e. The molecule has 1 atom stereocenters. The molecule has 2 heterocycles. The second-order valence-electron chi connectivity index (χ2n) is 7.24. The highest BCUT2D eigenvalue weighted by Crippen LogP contribution is 2.33. The molecule has 0 spiro atoms. The highest BCUT2D eigenvalue weighted by Gasteiger charge is 2.25. The topological polar surface area (TPSA) is 41.1 Å². The molecule has 0 amide bonds. The Balaban J connectivity index is 1.52. The van der Waals surface area contributed by atoms with Gasteiger partial charge in [0.2, 0.25) is 0 Å². The number of piperidine rings is 1. The van der Waals surface area contributed by atoms with E-state index < -0.39 is 0 Å². The van der Waals surface area contributed by atoms with Crippen LogP contribution in [0.1, 0.15) is 30.0 Å². The molecule has 0 radical (unpaired) electrons. The zero-order chi connectivity index (χ0) is 19.5. The smallest absolute Gasteiger partial charge is 0.127 e. The summed E-state index contributed by atoms with van der Waals surface area (Å²) in [6.07, 6.45) is 3.86. The van der Waals surface area contributed by atoms with Gasteiger partial charge in [0.15, 0.2) is 0 Å². The number of likely N-dealkylation sites (tertiary alicyclic amines) is 1. The molecule has 4 rings (SSSR count). The van der Waals surface area contributed by atoms with E-state index >= 15 is 0 Å². The van der Waals surface area contributed by atoms with Crippen LogP contribution in [-0.4, -0.2) is 35.3 Å². The molecule has 2 aromatic carbocycles. The van der Waals surface area contributed by atoms with E-state index in [0.717, 1.165) is 42.8 Å². The summed E-state index contributed by atoms with van der Waals surface area (Å²) in [5, 5.41) is 7.37. The van der Waals surface area contributed by atoms with Crippen molar-refractivity contribution in [3.05, 3.63) is 71.6 Å². The summed E-state index contributed by atoms with van der Waals surface area (Å²) in [5.74, 6) is 0.469. The number of benzene rings is 2. The molecule has 1 fully saturated rings. The Morgan fingerprint density at radius 1 is 1.18 bits per heavy atom. The van der Waals surface area contributed by atoms with Gasteiger partial charge in [0.1, 0.15) is 17.4 Å². The molecule has 146 valence electrons. The highest BCUT2D eigenvalue weighted by molar-refractivity contribution is 5.65. The van der Waals surface area contributed by atoms with Gasteiger partial charge < -0.3 is 4.74 Å². The monoisotopic (exact) mass is 383 g/mol. The number of halogens is 2. The van der Waals surface area contributed by atoms with Crippen molar-refractivity contribution in [2.24, 2.45) is 0 Å². The molecule has 1 N–H and O–H groups in total. The van der Waals surface area contributed by atoms with Gasteiger partial charge in [-0.2, -0.15) is 5.10 Å². The Kier molecular flexibility index (Phi) is 5.39. The fraction of sp³-hybridized carbons (Fsp3) is 0.318. The third kappa shape index (κ3) is 3.92. The van der Waals surface area contributed by atoms with E-state index in [0.29, 0.717) is 17.9 Å². The van der Waals surface area contributed by atoms with Crippen molar-refractivity contribution in [3.63, 3.8) is 0 Å². The van der Waals surface area contributed by atoms with Gasteiger partial charge in [0.25, 0.3) is 0 Å². The molecule has 0 bridgehead atoms. The van der Waals surface area contributed by atoms with Crippen molar-refractivity contribution in [1.29, 1.82) is 0 Å². The summed E-state index contributed by atoms with van der Waals surface area (Å²) in [4.78, 5) is 2.27. The SMILES string of the molecule is COc1ccc(F)c(CN2CCCC(c3[nH]ncc3-c3ccc(F)cc3)C2)c1. The van der Waals surface area contributed by atoms with E-state index in [2.05, 4.69) is 15.1 Å². The van der Waals surface area contributed by atoms with E-state index in [4.69, 9.17) is 4.74 Å². The van der Waals surface area contributed by atoms with Crippen molar-refractivity contribution >= 4 is 0 Å². The molecule has 1 aliphatic rings. The maximum absolute atomic E-state index is 14.2. The number of H-pyrrole nitrogens is 1. The second-order valence-corrected chi connectivity index (χ2v) is 7.24. The predicted octanol–water partition coefficient (Wildman–Crippen LogP) is 4.74. The van der Waals surface area contributed by atoms with Crippen molar-refractivity contribution in [2.75, 3.05) is 20.2 Å². The van der Waals surface area contributed by atoms with E-state index in [-0.39, 0.29) is 17.6 Å². The van der Waals surface area contributed by atoms with Crippen LogP contribution in [0, 0.1) is 11.6 Å². The summed E-state index contributed by atoms with van der Waals surface area (Å²) in [7, 11) is 1.59. The van der Waals surface area contributed by atoms with Crippen LogP contribution in [0.4, 0.5) is 8.78 Å². The molecule has 3 aromatic rings. The minimum absolute atomic E-state index is 0.212. The van der Waals surface area contributed by atoms with Gasteiger partial charge in [0.05, 0.1) is 13.3 Å². The lowest BCUT2D eigenvalue weighted by Gasteiger charge is -2.32. The van der Waals surface area contributed by atoms with Crippen LogP contribution in [-0.2, 0) is 6.54 Å². The van der Waals surface area contributed by atoms with Gasteiger partial charge in [-0.1, -0.05) is 12.1 Å². The molecule has 1 unspecified atom stereocenters. The lowest BCUT2D eigenvalue weighted by atomic mass is 9.90. The normalized spacial score (nSPS) is 17.6. The lowest BCUT2D eigenvalue weighted by molar-refractivity contribution is 0.196. The van der Waals surface area contributed by atoms with Gasteiger partial charge >= 0.3 is 0 Å². The Labute approximate surface area is 163 Å². The number of aromatic nitrogens is 2. The van der Waals surface area contributed by atoms with Crippen LogP contribution >= 0.6 is 0 Å². The zero-order valence-electron chi connectivity index (χ0n) is 15.8. The first-order valence-electron chi connectivity index (χ1n) is 9.48. The number of hydrogen-bond donors (Lipinski definition) is 1. The average Bonchev–Trinajstić information content (AvgIpc) is 3.20. The molecule has 28 heavy (non-hydrogen) atoms. The molecule has 1 saturated heterocycles. The summed E-state index contributed by atoms with van der Waals surface area (Å²) < 4.78 is 32.7. The quantitative estimate of drug-likeness (QED) is 0.692. The molecule has 4 nitrogen and oxygen atoms in total. The van der Waals surface area contributed by atoms with Crippen LogP contribution in [0.25, 0.3) is 11.1 Å². The molecule has 0 aliphatic carbocycles. The predicted molar refractivity (Wildman–Crippen MR) is 104 cm³/mol. The largest absolute Gasteiger partial charge is 0.497 e. The van der Waals surface area contributed by atoms with Crippen LogP contribution in [0.5, 0.6) is 5.75 Å². The number of methoxy groups -OCH3 is 1. The molecular formula is C22H23F2N3O. The number of nitrogens with zero attached hydrogens (tertiary/aromatic N) is 2. The standard InChI is InChI=1S/C22H23F2N3O/c1-28-19-8-9-21(24)17(11-19)14-27-10-2-3-16(13-27)22-20(12-25-26-22)15-4-6-18(23)7-5-15/h4-9,11-12,16H,2-3,10,13-14H2,1H3,(H,25,26). The number of rotatable bonds is 5. The van der Waals surface area contributed by atoms with Gasteiger partial charge in [-0.3, -0.25) is 10.00 Å².